The minimum absolute atomic E-state index is 1.25. The Morgan fingerprint density at radius 2 is 0.917 bits per heavy atom. The maximum atomic E-state index is 2.26. The zero-order valence-electron chi connectivity index (χ0n) is 13.3. The van der Waals surface area contributed by atoms with Crippen LogP contribution in [0.2, 0.25) is 0 Å². The van der Waals surface area contributed by atoms with E-state index in [9.17, 15) is 0 Å². The third-order valence-electron chi connectivity index (χ3n) is 4.10. The van der Waals surface area contributed by atoms with E-state index in [0.717, 1.165) is 0 Å². The molecule has 0 fully saturated rings. The maximum absolute atomic E-state index is 2.26. The molecule has 1 heterocycles. The van der Waals surface area contributed by atoms with Gasteiger partial charge in [0.25, 0.3) is 0 Å². The molecule has 0 N–H and O–H groups in total. The summed E-state index contributed by atoms with van der Waals surface area (Å²) in [6, 6.07) is 36.5. The van der Waals surface area contributed by atoms with Crippen molar-refractivity contribution in [2.75, 3.05) is 0 Å². The van der Waals surface area contributed by atoms with E-state index in [1.807, 2.05) is 0 Å². The topological polar surface area (TPSA) is 0 Å². The molecule has 0 unspecified atom stereocenters. The predicted molar refractivity (Wildman–Crippen MR) is 105 cm³/mol. The summed E-state index contributed by atoms with van der Waals surface area (Å²) >= 11 is 0. The molecule has 0 aliphatic rings. The van der Waals surface area contributed by atoms with E-state index in [2.05, 4.69) is 103 Å². The smallest absolute Gasteiger partial charge is 0.0175 e. The van der Waals surface area contributed by atoms with Gasteiger partial charge in [0, 0.05) is 10.6 Å². The molecule has 0 aliphatic carbocycles. The van der Waals surface area contributed by atoms with Crippen LogP contribution in [-0.2, 0) is 0 Å². The van der Waals surface area contributed by atoms with Gasteiger partial charge in [-0.05, 0) is 28.3 Å². The van der Waals surface area contributed by atoms with Crippen molar-refractivity contribution < 1.29 is 0 Å². The number of benzene rings is 3. The molecule has 24 heavy (non-hydrogen) atoms. The molecule has 0 spiro atoms. The Bertz CT molecular complexity index is 929. The quantitative estimate of drug-likeness (QED) is 0.372. The SMILES string of the molecule is c1ccc(-c2ccc(-c3ccccc3)c(-c3ccccc3)p2)cc1. The summed E-state index contributed by atoms with van der Waals surface area (Å²) in [5.74, 6) is 0. The van der Waals surface area contributed by atoms with Crippen LogP contribution in [0.15, 0.2) is 103 Å². The molecule has 4 aromatic rings. The van der Waals surface area contributed by atoms with E-state index in [1.54, 1.807) is 0 Å². The summed E-state index contributed by atoms with van der Waals surface area (Å²) < 4.78 is 0. The van der Waals surface area contributed by atoms with Crippen molar-refractivity contribution in [2.24, 2.45) is 0 Å². The molecule has 0 amide bonds. The van der Waals surface area contributed by atoms with Crippen molar-refractivity contribution in [3.63, 3.8) is 0 Å². The number of hydrogen-bond donors (Lipinski definition) is 0. The summed E-state index contributed by atoms with van der Waals surface area (Å²) in [5, 5.41) is 2.71. The van der Waals surface area contributed by atoms with Crippen molar-refractivity contribution in [2.45, 2.75) is 0 Å². The van der Waals surface area contributed by atoms with Gasteiger partial charge in [0.2, 0.25) is 0 Å². The Hall–Kier alpha value is -2.69. The van der Waals surface area contributed by atoms with Gasteiger partial charge < -0.3 is 0 Å². The molecular weight excluding hydrogens is 307 g/mol. The van der Waals surface area contributed by atoms with Gasteiger partial charge in [0.15, 0.2) is 0 Å². The lowest BCUT2D eigenvalue weighted by atomic mass is 10.0. The van der Waals surface area contributed by atoms with Crippen molar-refractivity contribution in [1.82, 2.24) is 0 Å². The lowest BCUT2D eigenvalue weighted by Gasteiger charge is -2.12. The molecule has 0 saturated carbocycles. The Balaban J connectivity index is 1.92. The fourth-order valence-corrected chi connectivity index (χ4v) is 4.17. The van der Waals surface area contributed by atoms with Crippen LogP contribution in [0.5, 0.6) is 0 Å². The average molecular weight is 324 g/mol. The second kappa shape index (κ2) is 6.83. The fraction of sp³-hybridized carbons (Fsp3) is 0. The molecule has 114 valence electrons. The Morgan fingerprint density at radius 3 is 1.50 bits per heavy atom. The van der Waals surface area contributed by atoms with Gasteiger partial charge in [-0.25, -0.2) is 0 Å². The predicted octanol–water partition coefficient (Wildman–Crippen LogP) is 7.27. The number of hydrogen-bond acceptors (Lipinski definition) is 0. The van der Waals surface area contributed by atoms with E-state index in [4.69, 9.17) is 0 Å². The molecule has 4 rings (SSSR count). The van der Waals surface area contributed by atoms with Crippen molar-refractivity contribution >= 4 is 8.19 Å². The lowest BCUT2D eigenvalue weighted by Crippen LogP contribution is -1.83. The van der Waals surface area contributed by atoms with Gasteiger partial charge in [-0.1, -0.05) is 105 Å². The molecule has 0 atom stereocenters. The molecule has 0 nitrogen and oxygen atoms in total. The first-order valence-electron chi connectivity index (χ1n) is 8.09. The van der Waals surface area contributed by atoms with Gasteiger partial charge in [0.1, 0.15) is 0 Å². The van der Waals surface area contributed by atoms with Crippen LogP contribution in [-0.4, -0.2) is 0 Å². The first-order valence-corrected chi connectivity index (χ1v) is 8.98. The van der Waals surface area contributed by atoms with E-state index in [1.165, 1.54) is 41.0 Å². The number of rotatable bonds is 3. The Morgan fingerprint density at radius 1 is 0.417 bits per heavy atom. The third kappa shape index (κ3) is 3.02. The van der Waals surface area contributed by atoms with Gasteiger partial charge in [-0.3, -0.25) is 0 Å². The van der Waals surface area contributed by atoms with Crippen LogP contribution in [0.1, 0.15) is 0 Å². The second-order valence-corrected chi connectivity index (χ2v) is 6.84. The molecule has 1 heteroatoms. The molecule has 0 aliphatic heterocycles. The van der Waals surface area contributed by atoms with Gasteiger partial charge in [-0.2, -0.15) is 0 Å². The zero-order chi connectivity index (χ0) is 16.2. The maximum Gasteiger partial charge on any atom is 0.0175 e. The van der Waals surface area contributed by atoms with Crippen molar-refractivity contribution in [3.8, 4) is 32.8 Å². The van der Waals surface area contributed by atoms with E-state index < -0.39 is 0 Å². The summed E-state index contributed by atoms with van der Waals surface area (Å²) in [6.07, 6.45) is 0. The summed E-state index contributed by atoms with van der Waals surface area (Å²) in [7, 11) is 1.25. The van der Waals surface area contributed by atoms with Crippen LogP contribution in [0.25, 0.3) is 32.8 Å². The third-order valence-corrected chi connectivity index (χ3v) is 5.47. The lowest BCUT2D eigenvalue weighted by molar-refractivity contribution is 1.63. The van der Waals surface area contributed by atoms with E-state index >= 15 is 0 Å². The highest BCUT2D eigenvalue weighted by Crippen LogP contribution is 2.43. The molecule has 0 bridgehead atoms. The monoisotopic (exact) mass is 324 g/mol. The first kappa shape index (κ1) is 14.9. The molecule has 1 aromatic heterocycles. The average Bonchev–Trinajstić information content (AvgIpc) is 2.69. The highest BCUT2D eigenvalue weighted by molar-refractivity contribution is 7.37. The van der Waals surface area contributed by atoms with E-state index in [0.29, 0.717) is 0 Å². The zero-order valence-corrected chi connectivity index (χ0v) is 14.2. The van der Waals surface area contributed by atoms with Gasteiger partial charge in [-0.15, -0.1) is 0 Å². The first-order chi connectivity index (χ1) is 11.9. The largest absolute Gasteiger partial charge is 0.0622 e. The van der Waals surface area contributed by atoms with Gasteiger partial charge >= 0.3 is 0 Å². The molecule has 0 radical (unpaired) electrons. The van der Waals surface area contributed by atoms with E-state index in [-0.39, 0.29) is 0 Å². The van der Waals surface area contributed by atoms with Crippen LogP contribution in [0.3, 0.4) is 0 Å². The highest BCUT2D eigenvalue weighted by Gasteiger charge is 2.10. The normalized spacial score (nSPS) is 10.8. The van der Waals surface area contributed by atoms with Crippen LogP contribution in [0, 0.1) is 0 Å². The molecular formula is C23H17P. The fourth-order valence-electron chi connectivity index (χ4n) is 2.90. The van der Waals surface area contributed by atoms with Crippen molar-refractivity contribution in [3.05, 3.63) is 103 Å². The summed E-state index contributed by atoms with van der Waals surface area (Å²) in [5.41, 5.74) is 5.15. The standard InChI is InChI=1S/C23H17P/c1-4-10-18(11-5-1)21-16-17-22(19-12-6-2-7-13-19)24-23(21)20-14-8-3-9-15-20/h1-17H. The van der Waals surface area contributed by atoms with Crippen LogP contribution in [0.4, 0.5) is 0 Å². The highest BCUT2D eigenvalue weighted by atomic mass is 31.0. The molecule has 0 saturated heterocycles. The summed E-state index contributed by atoms with van der Waals surface area (Å²) in [6.45, 7) is 0. The minimum Gasteiger partial charge on any atom is -0.0622 e. The molecule has 3 aromatic carbocycles. The Kier molecular flexibility index (Phi) is 4.23. The Labute approximate surface area is 144 Å². The van der Waals surface area contributed by atoms with Crippen LogP contribution >= 0.6 is 8.19 Å². The van der Waals surface area contributed by atoms with Gasteiger partial charge in [0.05, 0.1) is 0 Å². The minimum atomic E-state index is 1.25. The summed E-state index contributed by atoms with van der Waals surface area (Å²) in [4.78, 5) is 0. The van der Waals surface area contributed by atoms with Crippen LogP contribution < -0.4 is 0 Å². The van der Waals surface area contributed by atoms with Crippen molar-refractivity contribution in [1.29, 1.82) is 0 Å². The second-order valence-electron chi connectivity index (χ2n) is 5.69.